The molecule has 0 spiro atoms. The fourth-order valence-corrected chi connectivity index (χ4v) is 4.73. The maximum Gasteiger partial charge on any atom is 0.274 e. The van der Waals surface area contributed by atoms with Gasteiger partial charge in [0, 0.05) is 44.9 Å². The van der Waals surface area contributed by atoms with E-state index in [9.17, 15) is 4.79 Å². The van der Waals surface area contributed by atoms with Crippen LogP contribution >= 0.6 is 11.3 Å². The Morgan fingerprint density at radius 2 is 2.10 bits per heavy atom. The first-order valence-corrected chi connectivity index (χ1v) is 11.5. The van der Waals surface area contributed by atoms with Crippen molar-refractivity contribution in [3.8, 4) is 0 Å². The van der Waals surface area contributed by atoms with Crippen LogP contribution in [0.15, 0.2) is 41.9 Å². The van der Waals surface area contributed by atoms with Crippen LogP contribution in [0.1, 0.15) is 41.0 Å². The zero-order valence-electron chi connectivity index (χ0n) is 17.8. The van der Waals surface area contributed by atoms with Gasteiger partial charge in [-0.3, -0.25) is 14.1 Å². The lowest BCUT2D eigenvalue weighted by atomic mass is 10.1. The van der Waals surface area contributed by atoms with Crippen molar-refractivity contribution in [2.45, 2.75) is 38.3 Å². The van der Waals surface area contributed by atoms with E-state index in [1.54, 1.807) is 16.2 Å². The zero-order valence-corrected chi connectivity index (χ0v) is 18.6. The van der Waals surface area contributed by atoms with E-state index in [0.717, 1.165) is 43.1 Å². The summed E-state index contributed by atoms with van der Waals surface area (Å²) in [6, 6.07) is 10.3. The Bertz CT molecular complexity index is 962. The van der Waals surface area contributed by atoms with Gasteiger partial charge in [-0.15, -0.1) is 11.3 Å². The fraction of sp³-hybridized carbons (Fsp3) is 0.478. The number of fused-ring (bicyclic) bond motifs is 1. The summed E-state index contributed by atoms with van der Waals surface area (Å²) in [7, 11) is 3.96. The highest BCUT2D eigenvalue weighted by atomic mass is 32.1. The van der Waals surface area contributed by atoms with Gasteiger partial charge in [0.15, 0.2) is 10.7 Å². The second kappa shape index (κ2) is 9.73. The molecule has 6 nitrogen and oxygen atoms in total. The maximum absolute atomic E-state index is 13.2. The van der Waals surface area contributed by atoms with Crippen LogP contribution in [-0.2, 0) is 17.7 Å². The predicted molar refractivity (Wildman–Crippen MR) is 120 cm³/mol. The van der Waals surface area contributed by atoms with Gasteiger partial charge in [-0.1, -0.05) is 30.3 Å². The van der Waals surface area contributed by atoms with E-state index in [1.165, 1.54) is 12.0 Å². The number of thiazole rings is 1. The Balaban J connectivity index is 1.46. The van der Waals surface area contributed by atoms with E-state index >= 15 is 0 Å². The predicted octanol–water partition coefficient (Wildman–Crippen LogP) is 3.71. The smallest absolute Gasteiger partial charge is 0.274 e. The van der Waals surface area contributed by atoms with Gasteiger partial charge < -0.3 is 9.64 Å². The number of rotatable bonds is 8. The highest BCUT2D eigenvalue weighted by Crippen LogP contribution is 2.21. The molecule has 1 aromatic carbocycles. The first-order valence-electron chi connectivity index (χ1n) is 10.7. The number of likely N-dealkylation sites (N-methyl/N-ethyl adjacent to an activating group) is 2. The van der Waals surface area contributed by atoms with Crippen LogP contribution in [0, 0.1) is 0 Å². The van der Waals surface area contributed by atoms with Crippen LogP contribution < -0.4 is 0 Å². The minimum absolute atomic E-state index is 0.0147. The second-order valence-electron chi connectivity index (χ2n) is 8.11. The van der Waals surface area contributed by atoms with Crippen molar-refractivity contribution in [1.29, 1.82) is 0 Å². The summed E-state index contributed by atoms with van der Waals surface area (Å²) in [4.78, 5) is 22.8. The lowest BCUT2D eigenvalue weighted by molar-refractivity contribution is -0.00280. The molecule has 4 rings (SSSR count). The third kappa shape index (κ3) is 4.91. The normalized spacial score (nSPS) is 17.0. The molecule has 1 aliphatic heterocycles. The summed E-state index contributed by atoms with van der Waals surface area (Å²) in [5.41, 5.74) is 2.75. The summed E-state index contributed by atoms with van der Waals surface area (Å²) in [6.07, 6.45) is 6.62. The maximum atomic E-state index is 13.2. The molecule has 0 N–H and O–H groups in total. The molecular weight excluding hydrogens is 396 g/mol. The number of hydrogen-bond donors (Lipinski definition) is 0. The third-order valence-corrected chi connectivity index (χ3v) is 6.45. The Morgan fingerprint density at radius 3 is 2.87 bits per heavy atom. The zero-order chi connectivity index (χ0) is 20.9. The number of benzene rings is 1. The quantitative estimate of drug-likeness (QED) is 0.551. The van der Waals surface area contributed by atoms with Gasteiger partial charge in [0.05, 0.1) is 11.8 Å². The molecule has 1 amide bonds. The molecule has 1 unspecified atom stereocenters. The van der Waals surface area contributed by atoms with Crippen molar-refractivity contribution in [2.24, 2.45) is 0 Å². The van der Waals surface area contributed by atoms with E-state index in [1.807, 2.05) is 36.8 Å². The lowest BCUT2D eigenvalue weighted by Crippen LogP contribution is -2.34. The van der Waals surface area contributed by atoms with Crippen molar-refractivity contribution in [3.63, 3.8) is 0 Å². The minimum Gasteiger partial charge on any atom is -0.377 e. The lowest BCUT2D eigenvalue weighted by Gasteiger charge is -2.27. The van der Waals surface area contributed by atoms with Gasteiger partial charge in [-0.05, 0) is 38.3 Å². The van der Waals surface area contributed by atoms with Gasteiger partial charge in [0.1, 0.15) is 0 Å². The van der Waals surface area contributed by atoms with Crippen molar-refractivity contribution < 1.29 is 9.53 Å². The van der Waals surface area contributed by atoms with Crippen LogP contribution in [-0.4, -0.2) is 65.0 Å². The van der Waals surface area contributed by atoms with Crippen molar-refractivity contribution in [3.05, 3.63) is 58.9 Å². The first kappa shape index (κ1) is 21.0. The highest BCUT2D eigenvalue weighted by Gasteiger charge is 2.24. The van der Waals surface area contributed by atoms with Crippen LogP contribution in [0.25, 0.3) is 4.96 Å². The van der Waals surface area contributed by atoms with Gasteiger partial charge in [0.25, 0.3) is 5.91 Å². The van der Waals surface area contributed by atoms with Gasteiger partial charge in [-0.25, -0.2) is 4.98 Å². The molecule has 1 saturated heterocycles. The van der Waals surface area contributed by atoms with E-state index in [2.05, 4.69) is 33.5 Å². The minimum atomic E-state index is -0.0147. The number of carbonyl (C=O) groups is 1. The SMILES string of the molecule is CN(Cc1c(C(=O)N(C)CCc2ccccc2)nc2sccn12)CC1CCCCO1. The second-order valence-corrected chi connectivity index (χ2v) is 8.98. The van der Waals surface area contributed by atoms with Crippen LogP contribution in [0.3, 0.4) is 0 Å². The standard InChI is InChI=1S/C23H30N4O2S/c1-25(16-19-10-6-7-14-29-19)17-20-21(24-23-27(20)13-15-30-23)22(28)26(2)12-11-18-8-4-3-5-9-18/h3-5,8-9,13,15,19H,6-7,10-12,14,16-17H2,1-2H3. The molecule has 1 atom stereocenters. The Morgan fingerprint density at radius 1 is 1.27 bits per heavy atom. The summed E-state index contributed by atoms with van der Waals surface area (Å²) >= 11 is 1.56. The van der Waals surface area contributed by atoms with E-state index in [4.69, 9.17) is 4.74 Å². The Kier molecular flexibility index (Phi) is 6.82. The summed E-state index contributed by atoms with van der Waals surface area (Å²) in [5.74, 6) is -0.0147. The molecule has 0 saturated carbocycles. The van der Waals surface area contributed by atoms with Crippen LogP contribution in [0.4, 0.5) is 0 Å². The summed E-state index contributed by atoms with van der Waals surface area (Å²) in [6.45, 7) is 3.06. The molecule has 1 fully saturated rings. The van der Waals surface area contributed by atoms with Crippen molar-refractivity contribution >= 4 is 22.2 Å². The molecule has 160 valence electrons. The molecule has 0 bridgehead atoms. The molecule has 7 heteroatoms. The highest BCUT2D eigenvalue weighted by molar-refractivity contribution is 7.15. The number of amides is 1. The van der Waals surface area contributed by atoms with E-state index in [-0.39, 0.29) is 12.0 Å². The molecule has 30 heavy (non-hydrogen) atoms. The van der Waals surface area contributed by atoms with Crippen molar-refractivity contribution in [1.82, 2.24) is 19.2 Å². The first-order chi connectivity index (χ1) is 14.6. The average Bonchev–Trinajstić information content (AvgIpc) is 3.35. The Labute approximate surface area is 182 Å². The Hall–Kier alpha value is -2.22. The third-order valence-electron chi connectivity index (χ3n) is 5.70. The van der Waals surface area contributed by atoms with Crippen LogP contribution in [0.5, 0.6) is 0 Å². The molecule has 3 heterocycles. The topological polar surface area (TPSA) is 50.1 Å². The van der Waals surface area contributed by atoms with Gasteiger partial charge in [-0.2, -0.15) is 0 Å². The van der Waals surface area contributed by atoms with Crippen LogP contribution in [0.2, 0.25) is 0 Å². The average molecular weight is 427 g/mol. The van der Waals surface area contributed by atoms with E-state index < -0.39 is 0 Å². The molecular formula is C23H30N4O2S. The number of imidazole rings is 1. The van der Waals surface area contributed by atoms with Crippen molar-refractivity contribution in [2.75, 3.05) is 33.8 Å². The number of aromatic nitrogens is 2. The monoisotopic (exact) mass is 426 g/mol. The summed E-state index contributed by atoms with van der Waals surface area (Å²) < 4.78 is 7.95. The molecule has 3 aromatic rings. The van der Waals surface area contributed by atoms with E-state index in [0.29, 0.717) is 18.8 Å². The fourth-order valence-electron chi connectivity index (χ4n) is 4.00. The number of carbonyl (C=O) groups excluding carboxylic acids is 1. The number of hydrogen-bond acceptors (Lipinski definition) is 5. The van der Waals surface area contributed by atoms with Gasteiger partial charge >= 0.3 is 0 Å². The summed E-state index contributed by atoms with van der Waals surface area (Å²) in [5, 5.41) is 2.02. The van der Waals surface area contributed by atoms with Gasteiger partial charge in [0.2, 0.25) is 0 Å². The largest absolute Gasteiger partial charge is 0.377 e. The molecule has 0 radical (unpaired) electrons. The number of nitrogens with zero attached hydrogens (tertiary/aromatic N) is 4. The molecule has 0 aliphatic carbocycles. The molecule has 1 aliphatic rings. The molecule has 2 aromatic heterocycles. The number of ether oxygens (including phenoxy) is 1.